The van der Waals surface area contributed by atoms with Crippen LogP contribution in [0.2, 0.25) is 0 Å². The number of halogens is 2. The fraction of sp³-hybridized carbons (Fsp3) is 0.0435. The lowest BCUT2D eigenvalue weighted by Gasteiger charge is -2.25. The summed E-state index contributed by atoms with van der Waals surface area (Å²) in [6, 6.07) is 26.5. The average molecular weight is 444 g/mol. The molecular weight excluding hydrogens is 421 g/mol. The van der Waals surface area contributed by atoms with Crippen LogP contribution in [0.5, 0.6) is 0 Å². The van der Waals surface area contributed by atoms with Crippen LogP contribution in [0.3, 0.4) is 0 Å². The molecule has 0 unspecified atom stereocenters. The lowest BCUT2D eigenvalue weighted by atomic mass is 10.0. The van der Waals surface area contributed by atoms with Crippen LogP contribution in [0, 0.1) is 0 Å². The molecule has 0 amide bonds. The van der Waals surface area contributed by atoms with E-state index in [9.17, 15) is 0 Å². The Kier molecular flexibility index (Phi) is 7.97. The quantitative estimate of drug-likeness (QED) is 0.334. The van der Waals surface area contributed by atoms with Crippen LogP contribution in [0.25, 0.3) is 11.1 Å². The Bertz CT molecular complexity index is 997. The van der Waals surface area contributed by atoms with Gasteiger partial charge >= 0.3 is 0 Å². The molecule has 4 rings (SSSR count). The maximum absolute atomic E-state index is 6.24. The van der Waals surface area contributed by atoms with E-state index in [1.54, 1.807) is 11.3 Å². The van der Waals surface area contributed by atoms with Crippen LogP contribution in [0.15, 0.2) is 89.6 Å². The molecule has 150 valence electrons. The second kappa shape index (κ2) is 10.2. The highest BCUT2D eigenvalue weighted by atomic mass is 35.5. The highest BCUT2D eigenvalue weighted by Crippen LogP contribution is 2.36. The molecule has 4 N–H and O–H groups in total. The van der Waals surface area contributed by atoms with Gasteiger partial charge in [0.25, 0.3) is 0 Å². The second-order valence-corrected chi connectivity index (χ2v) is 7.16. The number of para-hydroxylation sites is 2. The minimum Gasteiger partial charge on any atom is -0.399 e. The fourth-order valence-electron chi connectivity index (χ4n) is 3.21. The molecule has 0 radical (unpaired) electrons. The number of thiophene rings is 1. The van der Waals surface area contributed by atoms with Crippen molar-refractivity contribution in [3.8, 4) is 11.1 Å². The van der Waals surface area contributed by atoms with Crippen molar-refractivity contribution >= 4 is 58.9 Å². The van der Waals surface area contributed by atoms with Gasteiger partial charge in [0, 0.05) is 34.9 Å². The number of benzene rings is 3. The number of hydrogen-bond donors (Lipinski definition) is 2. The van der Waals surface area contributed by atoms with Gasteiger partial charge in [-0.1, -0.05) is 36.4 Å². The number of anilines is 4. The first-order chi connectivity index (χ1) is 13.2. The highest BCUT2D eigenvalue weighted by molar-refractivity contribution is 7.08. The molecule has 0 aliphatic carbocycles. The summed E-state index contributed by atoms with van der Waals surface area (Å²) in [5, 5.41) is 4.34. The van der Waals surface area contributed by atoms with Gasteiger partial charge < -0.3 is 16.4 Å². The summed E-state index contributed by atoms with van der Waals surface area (Å²) >= 11 is 1.68. The van der Waals surface area contributed by atoms with Gasteiger partial charge in [0.1, 0.15) is 0 Å². The van der Waals surface area contributed by atoms with E-state index in [0.717, 1.165) is 40.4 Å². The van der Waals surface area contributed by atoms with Gasteiger partial charge in [-0.15, -0.1) is 24.8 Å². The normalized spacial score (nSPS) is 9.93. The molecule has 0 aliphatic rings. The lowest BCUT2D eigenvalue weighted by Crippen LogP contribution is -2.16. The Morgan fingerprint density at radius 2 is 1.28 bits per heavy atom. The zero-order valence-corrected chi connectivity index (χ0v) is 18.1. The minimum atomic E-state index is 0. The van der Waals surface area contributed by atoms with E-state index in [1.807, 2.05) is 30.3 Å². The smallest absolute Gasteiger partial charge is 0.0496 e. The molecule has 0 atom stereocenters. The molecule has 3 aromatic carbocycles. The van der Waals surface area contributed by atoms with E-state index in [1.165, 1.54) is 5.56 Å². The van der Waals surface area contributed by atoms with Crippen LogP contribution >= 0.6 is 36.2 Å². The van der Waals surface area contributed by atoms with Crippen LogP contribution in [0.4, 0.5) is 22.7 Å². The maximum atomic E-state index is 6.24. The van der Waals surface area contributed by atoms with Crippen LogP contribution in [-0.2, 0) is 6.54 Å². The Balaban J connectivity index is 0.00000150. The van der Waals surface area contributed by atoms with E-state index in [4.69, 9.17) is 11.5 Å². The molecule has 6 heteroatoms. The summed E-state index contributed by atoms with van der Waals surface area (Å²) in [4.78, 5) is 2.31. The number of nitrogens with two attached hydrogens (primary N) is 2. The van der Waals surface area contributed by atoms with Gasteiger partial charge in [0.15, 0.2) is 0 Å². The predicted molar refractivity (Wildman–Crippen MR) is 132 cm³/mol. The van der Waals surface area contributed by atoms with Crippen molar-refractivity contribution < 1.29 is 0 Å². The van der Waals surface area contributed by atoms with Crippen molar-refractivity contribution in [1.29, 1.82) is 0 Å². The Labute approximate surface area is 187 Å². The largest absolute Gasteiger partial charge is 0.399 e. The van der Waals surface area contributed by atoms with Crippen molar-refractivity contribution in [2.45, 2.75) is 6.54 Å². The first-order valence-electron chi connectivity index (χ1n) is 8.80. The SMILES string of the molecule is Cl.Cl.Nc1ccc(N)c(-c2cscc2CN(c2ccccc2)c2ccccc2)c1. The summed E-state index contributed by atoms with van der Waals surface area (Å²) in [5.74, 6) is 0. The van der Waals surface area contributed by atoms with Gasteiger partial charge in [-0.2, -0.15) is 11.3 Å². The van der Waals surface area contributed by atoms with E-state index in [-0.39, 0.29) is 24.8 Å². The maximum Gasteiger partial charge on any atom is 0.0496 e. The van der Waals surface area contributed by atoms with Gasteiger partial charge in [-0.25, -0.2) is 0 Å². The molecule has 3 nitrogen and oxygen atoms in total. The minimum absolute atomic E-state index is 0. The van der Waals surface area contributed by atoms with Gasteiger partial charge in [0.05, 0.1) is 0 Å². The third-order valence-electron chi connectivity index (χ3n) is 4.57. The van der Waals surface area contributed by atoms with Crippen molar-refractivity contribution in [3.63, 3.8) is 0 Å². The molecule has 0 spiro atoms. The standard InChI is InChI=1S/C23H21N3S.2ClH/c24-18-11-12-23(25)21(13-18)22-16-27-15-17(22)14-26(19-7-3-1-4-8-19)20-9-5-2-6-10-20;;/h1-13,15-16H,14,24-25H2;2*1H. The summed E-state index contributed by atoms with van der Waals surface area (Å²) in [6.45, 7) is 0.751. The van der Waals surface area contributed by atoms with Gasteiger partial charge in [-0.05, 0) is 64.4 Å². The second-order valence-electron chi connectivity index (χ2n) is 6.41. The summed E-state index contributed by atoms with van der Waals surface area (Å²) < 4.78 is 0. The van der Waals surface area contributed by atoms with Crippen molar-refractivity contribution in [2.75, 3.05) is 16.4 Å². The molecular formula is C23H23Cl2N3S. The zero-order valence-electron chi connectivity index (χ0n) is 15.7. The fourth-order valence-corrected chi connectivity index (χ4v) is 4.06. The molecule has 0 saturated carbocycles. The average Bonchev–Trinajstić information content (AvgIpc) is 3.17. The first-order valence-corrected chi connectivity index (χ1v) is 9.75. The number of nitrogens with zero attached hydrogens (tertiary/aromatic N) is 1. The Hall–Kier alpha value is -2.66. The van der Waals surface area contributed by atoms with Gasteiger partial charge in [0.2, 0.25) is 0 Å². The number of hydrogen-bond acceptors (Lipinski definition) is 4. The number of nitrogen functional groups attached to an aromatic ring is 2. The van der Waals surface area contributed by atoms with Crippen molar-refractivity contribution in [3.05, 3.63) is 95.2 Å². The van der Waals surface area contributed by atoms with E-state index >= 15 is 0 Å². The third kappa shape index (κ3) is 5.04. The summed E-state index contributed by atoms with van der Waals surface area (Å²) in [7, 11) is 0. The summed E-state index contributed by atoms with van der Waals surface area (Å²) in [6.07, 6.45) is 0. The van der Waals surface area contributed by atoms with Crippen molar-refractivity contribution in [2.24, 2.45) is 0 Å². The van der Waals surface area contributed by atoms with E-state index in [2.05, 4.69) is 64.2 Å². The Morgan fingerprint density at radius 1 is 0.690 bits per heavy atom. The first kappa shape index (κ1) is 22.6. The zero-order chi connectivity index (χ0) is 18.6. The van der Waals surface area contributed by atoms with Crippen molar-refractivity contribution in [1.82, 2.24) is 0 Å². The number of rotatable bonds is 5. The van der Waals surface area contributed by atoms with Crippen LogP contribution < -0.4 is 16.4 Å². The Morgan fingerprint density at radius 3 is 1.86 bits per heavy atom. The molecule has 0 aliphatic heterocycles. The third-order valence-corrected chi connectivity index (χ3v) is 5.37. The highest BCUT2D eigenvalue weighted by Gasteiger charge is 2.15. The van der Waals surface area contributed by atoms with Crippen LogP contribution in [0.1, 0.15) is 5.56 Å². The lowest BCUT2D eigenvalue weighted by molar-refractivity contribution is 0.983. The molecule has 0 bridgehead atoms. The topological polar surface area (TPSA) is 55.3 Å². The molecule has 1 aromatic heterocycles. The molecule has 4 aromatic rings. The van der Waals surface area contributed by atoms with E-state index in [0.29, 0.717) is 0 Å². The molecule has 0 saturated heterocycles. The summed E-state index contributed by atoms with van der Waals surface area (Å²) in [5.41, 5.74) is 19.4. The van der Waals surface area contributed by atoms with E-state index < -0.39 is 0 Å². The monoisotopic (exact) mass is 443 g/mol. The molecule has 29 heavy (non-hydrogen) atoms. The predicted octanol–water partition coefficient (Wildman–Crippen LogP) is 6.76. The van der Waals surface area contributed by atoms with Crippen LogP contribution in [-0.4, -0.2) is 0 Å². The molecule has 1 heterocycles. The molecule has 0 fully saturated rings. The van der Waals surface area contributed by atoms with Gasteiger partial charge in [-0.3, -0.25) is 0 Å².